The fourth-order valence-corrected chi connectivity index (χ4v) is 2.91. The van der Waals surface area contributed by atoms with E-state index in [9.17, 15) is 9.59 Å². The maximum Gasteiger partial charge on any atom is 0.325 e. The average molecular weight is 309 g/mol. The monoisotopic (exact) mass is 309 g/mol. The number of esters is 1. The van der Waals surface area contributed by atoms with Crippen LogP contribution in [-0.2, 0) is 9.53 Å². The lowest BCUT2D eigenvalue weighted by atomic mass is 10.2. The van der Waals surface area contributed by atoms with E-state index in [-0.39, 0.29) is 18.6 Å². The van der Waals surface area contributed by atoms with Crippen LogP contribution in [0.5, 0.6) is 0 Å². The van der Waals surface area contributed by atoms with Crippen molar-refractivity contribution in [3.05, 3.63) is 11.8 Å². The second-order valence-corrected chi connectivity index (χ2v) is 5.67. The summed E-state index contributed by atoms with van der Waals surface area (Å²) in [5, 5.41) is 0.587. The third-order valence-corrected chi connectivity index (χ3v) is 4.21. The summed E-state index contributed by atoms with van der Waals surface area (Å²) in [6, 6.07) is 0.215. The molecule has 0 aliphatic heterocycles. The van der Waals surface area contributed by atoms with Gasteiger partial charge in [-0.25, -0.2) is 9.97 Å². The number of hydrogen-bond acceptors (Lipinski definition) is 7. The lowest BCUT2D eigenvalue weighted by molar-refractivity contribution is -0.139. The molecule has 0 radical (unpaired) electrons. The molecule has 0 N–H and O–H groups in total. The SMILES string of the molecule is COC(=O)CN(c1nc(SC)ncc1C=O)C1CCCC1. The Kier molecular flexibility index (Phi) is 5.55. The third-order valence-electron chi connectivity index (χ3n) is 3.65. The van der Waals surface area contributed by atoms with Crippen molar-refractivity contribution in [1.29, 1.82) is 0 Å². The molecule has 1 saturated carbocycles. The Morgan fingerprint density at radius 1 is 1.52 bits per heavy atom. The van der Waals surface area contributed by atoms with Crippen LogP contribution in [-0.4, -0.2) is 48.2 Å². The minimum atomic E-state index is -0.330. The minimum absolute atomic E-state index is 0.104. The number of ether oxygens (including phenoxy) is 1. The molecule has 21 heavy (non-hydrogen) atoms. The summed E-state index contributed by atoms with van der Waals surface area (Å²) in [6.45, 7) is 0.104. The number of anilines is 1. The number of methoxy groups -OCH3 is 1. The number of carbonyl (C=O) groups is 2. The lowest BCUT2D eigenvalue weighted by Crippen LogP contribution is -2.39. The average Bonchev–Trinajstić information content (AvgIpc) is 3.05. The predicted molar refractivity (Wildman–Crippen MR) is 80.8 cm³/mol. The molecule has 6 nitrogen and oxygen atoms in total. The van der Waals surface area contributed by atoms with Gasteiger partial charge in [-0.05, 0) is 19.1 Å². The first-order valence-electron chi connectivity index (χ1n) is 6.89. The van der Waals surface area contributed by atoms with Crippen LogP contribution < -0.4 is 4.90 Å². The second kappa shape index (κ2) is 7.40. The molecule has 0 saturated heterocycles. The smallest absolute Gasteiger partial charge is 0.325 e. The molecule has 2 rings (SSSR count). The zero-order valence-electron chi connectivity index (χ0n) is 12.2. The van der Waals surface area contributed by atoms with E-state index < -0.39 is 0 Å². The molecular weight excluding hydrogens is 290 g/mol. The fraction of sp³-hybridized carbons (Fsp3) is 0.571. The molecule has 0 bridgehead atoms. The Balaban J connectivity index is 2.38. The molecule has 0 amide bonds. The first-order chi connectivity index (χ1) is 10.2. The summed E-state index contributed by atoms with van der Waals surface area (Å²) in [5.41, 5.74) is 0.406. The number of aromatic nitrogens is 2. The molecule has 0 unspecified atom stereocenters. The van der Waals surface area contributed by atoms with E-state index in [4.69, 9.17) is 4.74 Å². The number of thioether (sulfide) groups is 1. The van der Waals surface area contributed by atoms with Gasteiger partial charge in [-0.1, -0.05) is 24.6 Å². The van der Waals surface area contributed by atoms with Gasteiger partial charge in [0.1, 0.15) is 12.4 Å². The van der Waals surface area contributed by atoms with Crippen LogP contribution >= 0.6 is 11.8 Å². The van der Waals surface area contributed by atoms with E-state index in [1.54, 1.807) is 0 Å². The molecule has 1 aromatic rings. The van der Waals surface area contributed by atoms with Crippen LogP contribution in [0.25, 0.3) is 0 Å². The summed E-state index contributed by atoms with van der Waals surface area (Å²) >= 11 is 1.41. The van der Waals surface area contributed by atoms with Crippen LogP contribution in [0.2, 0.25) is 0 Å². The molecule has 1 aromatic heterocycles. The summed E-state index contributed by atoms with van der Waals surface area (Å²) in [5.74, 6) is 0.199. The van der Waals surface area contributed by atoms with Gasteiger partial charge in [-0.15, -0.1) is 0 Å². The third kappa shape index (κ3) is 3.72. The van der Waals surface area contributed by atoms with Gasteiger partial charge >= 0.3 is 5.97 Å². The van der Waals surface area contributed by atoms with E-state index in [0.717, 1.165) is 32.0 Å². The topological polar surface area (TPSA) is 72.4 Å². The molecule has 0 aromatic carbocycles. The van der Waals surface area contributed by atoms with Gasteiger partial charge < -0.3 is 9.64 Å². The van der Waals surface area contributed by atoms with Crippen molar-refractivity contribution >= 4 is 29.8 Å². The highest BCUT2D eigenvalue weighted by Crippen LogP contribution is 2.29. The van der Waals surface area contributed by atoms with Crippen LogP contribution in [0, 0.1) is 0 Å². The van der Waals surface area contributed by atoms with Gasteiger partial charge in [0.25, 0.3) is 0 Å². The summed E-state index contributed by atoms with van der Waals surface area (Å²) < 4.78 is 4.77. The van der Waals surface area contributed by atoms with E-state index >= 15 is 0 Å². The molecule has 7 heteroatoms. The molecule has 1 aliphatic rings. The zero-order valence-corrected chi connectivity index (χ0v) is 13.1. The highest BCUT2D eigenvalue weighted by Gasteiger charge is 2.28. The molecule has 0 atom stereocenters. The van der Waals surface area contributed by atoms with Crippen molar-refractivity contribution in [2.24, 2.45) is 0 Å². The van der Waals surface area contributed by atoms with Crippen molar-refractivity contribution in [3.8, 4) is 0 Å². The number of rotatable bonds is 6. The Bertz CT molecular complexity index is 518. The molecule has 1 fully saturated rings. The van der Waals surface area contributed by atoms with E-state index in [1.807, 2.05) is 11.2 Å². The van der Waals surface area contributed by atoms with Crippen LogP contribution in [0.15, 0.2) is 11.4 Å². The summed E-state index contributed by atoms with van der Waals surface area (Å²) in [6.07, 6.45) is 8.36. The first-order valence-corrected chi connectivity index (χ1v) is 8.11. The number of carbonyl (C=O) groups excluding carboxylic acids is 2. The van der Waals surface area contributed by atoms with Crippen molar-refractivity contribution in [1.82, 2.24) is 9.97 Å². The number of aldehydes is 1. The van der Waals surface area contributed by atoms with E-state index in [2.05, 4.69) is 9.97 Å². The van der Waals surface area contributed by atoms with Gasteiger partial charge in [0.2, 0.25) is 0 Å². The Hall–Kier alpha value is -1.63. The van der Waals surface area contributed by atoms with Crippen LogP contribution in [0.1, 0.15) is 36.0 Å². The van der Waals surface area contributed by atoms with E-state index in [0.29, 0.717) is 16.5 Å². The number of nitrogens with zero attached hydrogens (tertiary/aromatic N) is 3. The maximum absolute atomic E-state index is 11.7. The Morgan fingerprint density at radius 3 is 2.81 bits per heavy atom. The quantitative estimate of drug-likeness (QED) is 0.344. The van der Waals surface area contributed by atoms with Crippen molar-refractivity contribution in [2.75, 3.05) is 24.8 Å². The molecular formula is C14H19N3O3S. The fourth-order valence-electron chi connectivity index (χ4n) is 2.57. The van der Waals surface area contributed by atoms with Gasteiger partial charge in [0, 0.05) is 12.2 Å². The molecule has 114 valence electrons. The predicted octanol–water partition coefficient (Wildman–Crippen LogP) is 1.93. The number of hydrogen-bond donors (Lipinski definition) is 0. The summed E-state index contributed by atoms with van der Waals surface area (Å²) in [7, 11) is 1.36. The normalized spacial score (nSPS) is 15.0. The standard InChI is InChI=1S/C14H19N3O3S/c1-20-12(19)8-17(11-5-3-4-6-11)13-10(9-18)7-15-14(16-13)21-2/h7,9,11H,3-6,8H2,1-2H3. The van der Waals surface area contributed by atoms with Crippen molar-refractivity contribution in [2.45, 2.75) is 36.9 Å². The highest BCUT2D eigenvalue weighted by atomic mass is 32.2. The van der Waals surface area contributed by atoms with E-state index in [1.165, 1.54) is 25.1 Å². The maximum atomic E-state index is 11.7. The first kappa shape index (κ1) is 15.8. The lowest BCUT2D eigenvalue weighted by Gasteiger charge is -2.29. The Labute approximate surface area is 128 Å². The van der Waals surface area contributed by atoms with Gasteiger partial charge in [-0.2, -0.15) is 0 Å². The van der Waals surface area contributed by atoms with Crippen LogP contribution in [0.3, 0.4) is 0 Å². The Morgan fingerprint density at radius 2 is 2.24 bits per heavy atom. The molecule has 0 spiro atoms. The van der Waals surface area contributed by atoms with Gasteiger partial charge in [0.15, 0.2) is 11.4 Å². The largest absolute Gasteiger partial charge is 0.468 e. The van der Waals surface area contributed by atoms with Gasteiger partial charge in [0.05, 0.1) is 12.7 Å². The molecule has 1 heterocycles. The second-order valence-electron chi connectivity index (χ2n) is 4.90. The molecule has 1 aliphatic carbocycles. The van der Waals surface area contributed by atoms with Gasteiger partial charge in [-0.3, -0.25) is 9.59 Å². The zero-order chi connectivity index (χ0) is 15.2. The van der Waals surface area contributed by atoms with Crippen molar-refractivity contribution in [3.63, 3.8) is 0 Å². The van der Waals surface area contributed by atoms with Crippen LogP contribution in [0.4, 0.5) is 5.82 Å². The highest BCUT2D eigenvalue weighted by molar-refractivity contribution is 7.98. The van der Waals surface area contributed by atoms with Crippen molar-refractivity contribution < 1.29 is 14.3 Å². The summed E-state index contributed by atoms with van der Waals surface area (Å²) in [4.78, 5) is 33.4. The minimum Gasteiger partial charge on any atom is -0.468 e.